The molecule has 2 aliphatic rings. The van der Waals surface area contributed by atoms with Gasteiger partial charge >= 0.3 is 0 Å². The molecule has 0 radical (unpaired) electrons. The summed E-state index contributed by atoms with van der Waals surface area (Å²) in [4.78, 5) is 36.3. The van der Waals surface area contributed by atoms with Crippen molar-refractivity contribution in [2.75, 3.05) is 32.7 Å². The molecule has 0 saturated carbocycles. The van der Waals surface area contributed by atoms with Crippen LogP contribution in [0.3, 0.4) is 0 Å². The van der Waals surface area contributed by atoms with E-state index in [1.54, 1.807) is 113 Å². The van der Waals surface area contributed by atoms with Crippen molar-refractivity contribution >= 4 is 577 Å². The normalized spacial score (nSPS) is 12.6. The van der Waals surface area contributed by atoms with Gasteiger partial charge in [0.05, 0.1) is 11.7 Å². The third-order valence-electron chi connectivity index (χ3n) is 9.23. The molecule has 96 heavy (non-hydrogen) atoms. The van der Waals surface area contributed by atoms with Crippen LogP contribution in [-0.2, 0) is 547 Å². The van der Waals surface area contributed by atoms with Gasteiger partial charge in [-0.05, 0) is 70.4 Å². The molecule has 0 bridgehead atoms. The second-order valence-corrected chi connectivity index (χ2v) is 118. The molecule has 2 saturated heterocycles. The fourth-order valence-electron chi connectivity index (χ4n) is 6.16. The topological polar surface area (TPSA) is 56.8 Å². The second kappa shape index (κ2) is 76.2. The number of amides is 2. The monoisotopic (exact) mass is 2490 g/mol. The number of carbonyl (C=O) groups is 2. The van der Waals surface area contributed by atoms with Crippen molar-refractivity contribution in [2.45, 2.75) is 52.1 Å². The fraction of sp³-hybridized carbons (Fsp3) is 0.536. The summed E-state index contributed by atoms with van der Waals surface area (Å²) < 4.78 is 0.950. The van der Waals surface area contributed by atoms with E-state index in [2.05, 4.69) is 57.8 Å². The molecule has 0 spiro atoms. The van der Waals surface area contributed by atoms with Crippen molar-refractivity contribution in [3.8, 4) is 0 Å². The van der Waals surface area contributed by atoms with E-state index in [4.69, 9.17) is 39.0 Å². The van der Waals surface area contributed by atoms with Crippen LogP contribution >= 0.6 is 27.5 Å². The molecule has 1 unspecified atom stereocenters. The lowest BCUT2D eigenvalue weighted by Crippen LogP contribution is -2.58. The van der Waals surface area contributed by atoms with Gasteiger partial charge in [0.1, 0.15) is 0 Å². The average molecular weight is 2500 g/mol. The average Bonchev–Trinajstić information content (AvgIpc) is 0.802. The molecule has 1 aromatic heterocycles. The molecule has 6 nitrogen and oxygen atoms in total. The van der Waals surface area contributed by atoms with Gasteiger partial charge in [0.15, 0.2) is 0 Å². The van der Waals surface area contributed by atoms with Gasteiger partial charge in [-0.2, -0.15) is 0 Å². The summed E-state index contributed by atoms with van der Waals surface area (Å²) in [7, 11) is 104. The van der Waals surface area contributed by atoms with E-state index in [0.29, 0.717) is 29.8 Å². The van der Waals surface area contributed by atoms with Crippen LogP contribution in [0.15, 0.2) is 47.1 Å². The van der Waals surface area contributed by atoms with Crippen LogP contribution in [0.1, 0.15) is 57.3 Å². The number of pyridine rings is 1. The first-order valence-electron chi connectivity index (χ1n) is 22.7. The molecule has 68 heteroatoms. The van der Waals surface area contributed by atoms with Gasteiger partial charge in [-0.25, -0.2) is 0 Å². The highest BCUT2D eigenvalue weighted by atomic mass is 79.9. The van der Waals surface area contributed by atoms with Crippen molar-refractivity contribution < 1.29 is 9.59 Å². The Morgan fingerprint density at radius 1 is 0.448 bits per heavy atom. The number of nitrogens with zero attached hydrogens (tertiary/aromatic N) is 4. The van der Waals surface area contributed by atoms with E-state index in [1.807, 2.05) is 420 Å². The molecule has 4 rings (SSSR count). The van der Waals surface area contributed by atoms with Crippen LogP contribution in [0.4, 0.5) is 0 Å². The molecular weight excluding hydrogens is 2460 g/mol. The highest BCUT2D eigenvalue weighted by Gasteiger charge is 2.37. The molecule has 2 aromatic rings. The van der Waals surface area contributed by atoms with E-state index >= 15 is 0 Å². The minimum absolute atomic E-state index is 0.00947. The maximum absolute atomic E-state index is 13.5. The minimum atomic E-state index is -0.00947. The lowest BCUT2D eigenvalue weighted by atomic mass is 9.91. The van der Waals surface area contributed by atoms with Crippen molar-refractivity contribution in [3.63, 3.8) is 0 Å². The Bertz CT molecular complexity index is 5670. The first-order valence-corrected chi connectivity index (χ1v) is 103. The van der Waals surface area contributed by atoms with Crippen LogP contribution in [0.2, 0.25) is 5.02 Å². The second-order valence-electron chi connectivity index (χ2n) is 14.3. The number of piperidine rings is 1. The summed E-state index contributed by atoms with van der Waals surface area (Å²) in [6.07, 6.45) is 4.23. The van der Waals surface area contributed by atoms with Crippen molar-refractivity contribution in [3.05, 3.63) is 63.3 Å². The first-order chi connectivity index (χ1) is 47.1. The zero-order valence-corrected chi connectivity index (χ0v) is 97.2. The van der Waals surface area contributed by atoms with E-state index in [1.165, 1.54) is 17.8 Å². The van der Waals surface area contributed by atoms with Gasteiger partial charge in [0.2, 0.25) is 11.8 Å². The first kappa shape index (κ1) is 101. The van der Waals surface area contributed by atoms with Crippen LogP contribution in [0, 0.1) is 11.8 Å². The van der Waals surface area contributed by atoms with Gasteiger partial charge in [-0.1, -0.05) is 37.6 Å². The SMILES string of the molecule is CC(=O)N1CCC(CC(=O)N2CCN(C(c3ccc(Cl)cc3)c3ccc(Br)cn3)C[C@@H]2C(C)C)CC1.S=S=S=S=S=S=S=S=S=S=S=S=S=S=S=S=S=S=S=S=S=S=S=S=S=S=S=S=S=S=S=S=S=S=S=S=S=S=S=S=S=S=S=S=S=S=S=S=S=S=S=S=S=S=S=S=S=S=S=S. The lowest BCUT2D eigenvalue weighted by Gasteiger charge is -2.46. The Morgan fingerprint density at radius 2 is 0.740 bits per heavy atom. The molecule has 2 atom stereocenters. The van der Waals surface area contributed by atoms with Crippen LogP contribution < -0.4 is 0 Å². The lowest BCUT2D eigenvalue weighted by molar-refractivity contribution is -0.139. The standard InChI is InChI=1S/C28H36BrClN4O2.S60/c1-19(2)26-18-33(14-15-34(26)27(36)16-21-10-12-32(13-11-21)20(3)35)28(22-4-7-24(30)8-5-22)25-9-6-23(29)17-31-25;1-3-5-7-9-11-13-15-17-19-21-23-25-27-29-31-33-35-37-39-41-43-45-47-49-51-53-55-57-59-60-58-56-54-52-50-48-46-44-42-40-38-36-34-32-30-28-26-24-22-20-18-16-14-12-10-8-6-4-2/h4-9,17,19,21,26,28H,10-16,18H2,1-3H3;/t26-,28?;/m1./s1. The number of halogens is 2. The summed E-state index contributed by atoms with van der Waals surface area (Å²) in [6, 6.07) is 12.2. The highest BCUT2D eigenvalue weighted by molar-refractivity contribution is 9.10. The number of piperazine rings is 1. The van der Waals surface area contributed by atoms with Crippen molar-refractivity contribution in [1.82, 2.24) is 19.7 Å². The predicted octanol–water partition coefficient (Wildman–Crippen LogP) is 5.26. The molecule has 0 N–H and O–H groups in total. The Labute approximate surface area is 747 Å². The minimum Gasteiger partial charge on any atom is -0.343 e. The number of rotatable bonds is 6. The van der Waals surface area contributed by atoms with Gasteiger partial charge in [-0.3, -0.25) is 19.5 Å². The number of hydrogen-bond donors (Lipinski definition) is 0. The van der Waals surface area contributed by atoms with Crippen LogP contribution in [0.25, 0.3) is 0 Å². The summed E-state index contributed by atoms with van der Waals surface area (Å²) in [5.74, 6) is 1.07. The van der Waals surface area contributed by atoms with Crippen molar-refractivity contribution in [2.24, 2.45) is 11.8 Å². The number of benzene rings is 1. The molecule has 2 amide bonds. The van der Waals surface area contributed by atoms with Crippen molar-refractivity contribution in [1.29, 1.82) is 0 Å². The Morgan fingerprint density at radius 3 is 0.990 bits per heavy atom. The summed E-state index contributed by atoms with van der Waals surface area (Å²) >= 11 is 19.3. The molecule has 0 aliphatic carbocycles. The van der Waals surface area contributed by atoms with E-state index in [-0.39, 0.29) is 23.9 Å². The summed E-state index contributed by atoms with van der Waals surface area (Å²) in [5.41, 5.74) is 2.13. The molecule has 2 fully saturated rings. The Kier molecular flexibility index (Phi) is 80.5. The zero-order valence-electron chi connectivity index (χ0n) is 45.9. The van der Waals surface area contributed by atoms with Crippen LogP contribution in [-0.4, -0.2) is 70.3 Å². The number of aromatic nitrogens is 1. The van der Waals surface area contributed by atoms with Gasteiger partial charge < -0.3 is 9.80 Å². The molecule has 3 heterocycles. The zero-order chi connectivity index (χ0) is 68.8. The predicted molar refractivity (Wildman–Crippen MR) is 589 cm³/mol. The third kappa shape index (κ3) is 59.0. The Hall–Kier alpha value is 11.2. The van der Waals surface area contributed by atoms with Gasteiger partial charge in [0.25, 0.3) is 0 Å². The van der Waals surface area contributed by atoms with Crippen LogP contribution in [0.5, 0.6) is 0 Å². The summed E-state index contributed by atoms with van der Waals surface area (Å²) in [5, 5.41) is 0.714. The summed E-state index contributed by atoms with van der Waals surface area (Å²) in [6.45, 7) is 9.83. The van der Waals surface area contributed by atoms with E-state index in [0.717, 1.165) is 54.8 Å². The molecule has 1 aromatic carbocycles. The third-order valence-corrected chi connectivity index (χ3v) is 137. The maximum Gasteiger partial charge on any atom is 0.223 e. The Balaban J connectivity index is 0.000000561. The number of hydrogen-bond acceptors (Lipinski definition) is 6. The van der Waals surface area contributed by atoms with Gasteiger partial charge in [0, 0.05) is 605 Å². The molecule has 554 valence electrons. The highest BCUT2D eigenvalue weighted by Crippen LogP contribution is 2.33. The maximum atomic E-state index is 13.5. The quantitative estimate of drug-likeness (QED) is 0.394. The fourth-order valence-corrected chi connectivity index (χ4v) is 160. The smallest absolute Gasteiger partial charge is 0.223 e. The van der Waals surface area contributed by atoms with E-state index < -0.39 is 0 Å². The number of likely N-dealkylation sites (tertiary alicyclic amines) is 1. The van der Waals surface area contributed by atoms with E-state index in [9.17, 15) is 9.59 Å². The molecular formula is C28H36BrClN4O2S60. The largest absolute Gasteiger partial charge is 0.343 e. The molecule has 2 aliphatic heterocycles. The van der Waals surface area contributed by atoms with Gasteiger partial charge in [-0.15, -0.1) is 0 Å². The number of carbonyl (C=O) groups excluding carboxylic acids is 2.